The number of carbonyl (C=O) groups excluding carboxylic acids is 2. The molecule has 0 radical (unpaired) electrons. The average Bonchev–Trinajstić information content (AvgIpc) is 3.16. The summed E-state index contributed by atoms with van der Waals surface area (Å²) in [5, 5.41) is 3.76. The second kappa shape index (κ2) is 5.23. The monoisotopic (exact) mass is 320 g/mol. The van der Waals surface area contributed by atoms with E-state index in [9.17, 15) is 9.59 Å². The summed E-state index contributed by atoms with van der Waals surface area (Å²) < 4.78 is 5.34. The Hall–Kier alpha value is -3.08. The van der Waals surface area contributed by atoms with Crippen molar-refractivity contribution in [1.29, 1.82) is 0 Å². The first-order chi connectivity index (χ1) is 11.7. The number of H-pyrrole nitrogens is 1. The van der Waals surface area contributed by atoms with Crippen LogP contribution in [-0.2, 0) is 15.1 Å². The number of amides is 1. The lowest BCUT2D eigenvalue weighted by molar-refractivity contribution is -0.149. The second-order valence-electron chi connectivity index (χ2n) is 5.72. The van der Waals surface area contributed by atoms with Crippen LogP contribution in [-0.4, -0.2) is 23.5 Å². The predicted octanol–water partition coefficient (Wildman–Crippen LogP) is 2.72. The van der Waals surface area contributed by atoms with Crippen molar-refractivity contribution in [2.45, 2.75) is 12.5 Å². The van der Waals surface area contributed by atoms with Crippen molar-refractivity contribution < 1.29 is 14.3 Å². The molecule has 1 unspecified atom stereocenters. The summed E-state index contributed by atoms with van der Waals surface area (Å²) in [6.45, 7) is 1.99. The lowest BCUT2D eigenvalue weighted by Crippen LogP contribution is -2.48. The molecule has 2 aromatic carbocycles. The summed E-state index contributed by atoms with van der Waals surface area (Å²) in [5.41, 5.74) is 1.38. The molecule has 0 saturated carbocycles. The van der Waals surface area contributed by atoms with Gasteiger partial charge in [0.05, 0.1) is 6.61 Å². The van der Waals surface area contributed by atoms with E-state index in [1.54, 1.807) is 31.3 Å². The van der Waals surface area contributed by atoms with Gasteiger partial charge in [-0.3, -0.25) is 4.79 Å². The van der Waals surface area contributed by atoms with Gasteiger partial charge in [0.1, 0.15) is 0 Å². The van der Waals surface area contributed by atoms with Crippen molar-refractivity contribution in [2.75, 3.05) is 6.61 Å². The van der Waals surface area contributed by atoms with E-state index in [-0.39, 0.29) is 12.5 Å². The van der Waals surface area contributed by atoms with E-state index in [0.717, 1.165) is 10.9 Å². The Morgan fingerprint density at radius 2 is 1.83 bits per heavy atom. The highest BCUT2D eigenvalue weighted by molar-refractivity contribution is 6.09. The molecule has 1 aliphatic heterocycles. The molecule has 0 spiro atoms. The molecule has 0 bridgehead atoms. The first-order valence-electron chi connectivity index (χ1n) is 7.84. The van der Waals surface area contributed by atoms with E-state index in [1.807, 2.05) is 30.3 Å². The minimum Gasteiger partial charge on any atom is -0.464 e. The fraction of sp³-hybridized carbons (Fsp3) is 0.158. The van der Waals surface area contributed by atoms with Gasteiger partial charge in [0, 0.05) is 33.8 Å². The highest BCUT2D eigenvalue weighted by atomic mass is 16.5. The zero-order chi connectivity index (χ0) is 16.7. The Morgan fingerprint density at radius 3 is 2.67 bits per heavy atom. The van der Waals surface area contributed by atoms with Crippen LogP contribution in [0.3, 0.4) is 0 Å². The summed E-state index contributed by atoms with van der Waals surface area (Å²) in [4.78, 5) is 28.6. The number of carbonyl (C=O) groups is 2. The number of hydrogen-bond acceptors (Lipinski definition) is 3. The zero-order valence-corrected chi connectivity index (χ0v) is 13.1. The quantitative estimate of drug-likeness (QED) is 0.729. The molecule has 3 aromatic rings. The Balaban J connectivity index is 2.04. The molecular formula is C19H16N2O3. The number of para-hydroxylation sites is 1. The lowest BCUT2D eigenvalue weighted by Gasteiger charge is -2.27. The maximum absolute atomic E-state index is 13.0. The fourth-order valence-electron chi connectivity index (χ4n) is 3.42. The van der Waals surface area contributed by atoms with Gasteiger partial charge in [0.25, 0.3) is 5.91 Å². The van der Waals surface area contributed by atoms with Gasteiger partial charge in [-0.25, -0.2) is 4.79 Å². The van der Waals surface area contributed by atoms with E-state index >= 15 is 0 Å². The van der Waals surface area contributed by atoms with Gasteiger partial charge in [-0.1, -0.05) is 36.4 Å². The minimum atomic E-state index is -1.33. The number of aromatic nitrogens is 1. The molecule has 1 amide bonds. The largest absolute Gasteiger partial charge is 0.464 e. The maximum atomic E-state index is 13.0. The lowest BCUT2D eigenvalue weighted by atomic mass is 9.83. The van der Waals surface area contributed by atoms with Crippen molar-refractivity contribution in [1.82, 2.24) is 10.3 Å². The summed E-state index contributed by atoms with van der Waals surface area (Å²) in [5.74, 6) is -0.753. The van der Waals surface area contributed by atoms with Crippen LogP contribution >= 0.6 is 0 Å². The van der Waals surface area contributed by atoms with E-state index in [2.05, 4.69) is 10.3 Å². The van der Waals surface area contributed by atoms with E-state index < -0.39 is 11.5 Å². The third kappa shape index (κ3) is 1.81. The van der Waals surface area contributed by atoms with Gasteiger partial charge >= 0.3 is 5.97 Å². The molecule has 0 fully saturated rings. The third-order valence-corrected chi connectivity index (χ3v) is 4.45. The van der Waals surface area contributed by atoms with Crippen LogP contribution in [0.5, 0.6) is 0 Å². The molecule has 120 valence electrons. The second-order valence-corrected chi connectivity index (χ2v) is 5.72. The van der Waals surface area contributed by atoms with Crippen LogP contribution in [0.1, 0.15) is 28.4 Å². The van der Waals surface area contributed by atoms with E-state index in [0.29, 0.717) is 16.7 Å². The Morgan fingerprint density at radius 1 is 1.08 bits per heavy atom. The van der Waals surface area contributed by atoms with Crippen molar-refractivity contribution in [2.24, 2.45) is 0 Å². The Labute approximate surface area is 138 Å². The van der Waals surface area contributed by atoms with Gasteiger partial charge in [-0.15, -0.1) is 0 Å². The molecule has 0 saturated heterocycles. The normalized spacial score (nSPS) is 19.1. The van der Waals surface area contributed by atoms with Crippen LogP contribution in [0.2, 0.25) is 0 Å². The van der Waals surface area contributed by atoms with Crippen LogP contribution in [0.15, 0.2) is 54.7 Å². The van der Waals surface area contributed by atoms with Gasteiger partial charge in [0.2, 0.25) is 0 Å². The zero-order valence-electron chi connectivity index (χ0n) is 13.1. The number of esters is 1. The highest BCUT2D eigenvalue weighted by Crippen LogP contribution is 2.41. The first kappa shape index (κ1) is 14.5. The molecular weight excluding hydrogens is 304 g/mol. The standard InChI is InChI=1S/C19H16N2O3/c1-2-24-18(23)19(14-9-5-3-8-13(14)17(22)21-19)15-11-20-16-10-6-4-7-12(15)16/h3-11,20H,2H2,1H3,(H,21,22). The van der Waals surface area contributed by atoms with Crippen molar-refractivity contribution in [3.8, 4) is 0 Å². The summed E-state index contributed by atoms with van der Waals surface area (Å²) >= 11 is 0. The molecule has 1 atom stereocenters. The van der Waals surface area contributed by atoms with Crippen molar-refractivity contribution >= 4 is 22.8 Å². The van der Waals surface area contributed by atoms with Gasteiger partial charge < -0.3 is 15.0 Å². The highest BCUT2D eigenvalue weighted by Gasteiger charge is 2.52. The number of ether oxygens (including phenoxy) is 1. The molecule has 5 heteroatoms. The van der Waals surface area contributed by atoms with Crippen LogP contribution < -0.4 is 5.32 Å². The minimum absolute atomic E-state index is 0.237. The number of nitrogens with one attached hydrogen (secondary N) is 2. The van der Waals surface area contributed by atoms with Crippen LogP contribution in [0, 0.1) is 0 Å². The van der Waals surface area contributed by atoms with Crippen LogP contribution in [0.4, 0.5) is 0 Å². The molecule has 2 heterocycles. The predicted molar refractivity (Wildman–Crippen MR) is 89.6 cm³/mol. The smallest absolute Gasteiger partial charge is 0.341 e. The van der Waals surface area contributed by atoms with Gasteiger partial charge in [-0.05, 0) is 19.1 Å². The molecule has 2 N–H and O–H groups in total. The Kier molecular flexibility index (Phi) is 3.16. The summed E-state index contributed by atoms with van der Waals surface area (Å²) in [6.07, 6.45) is 1.77. The summed E-state index contributed by atoms with van der Waals surface area (Å²) in [6, 6.07) is 14.8. The van der Waals surface area contributed by atoms with Gasteiger partial charge in [-0.2, -0.15) is 0 Å². The molecule has 1 aromatic heterocycles. The topological polar surface area (TPSA) is 71.2 Å². The molecule has 1 aliphatic rings. The first-order valence-corrected chi connectivity index (χ1v) is 7.84. The SMILES string of the molecule is CCOC(=O)C1(c2c[nH]c3ccccc23)NC(=O)c2ccccc21. The molecule has 5 nitrogen and oxygen atoms in total. The number of benzene rings is 2. The summed E-state index contributed by atoms with van der Waals surface area (Å²) in [7, 11) is 0. The Bertz CT molecular complexity index is 960. The fourth-order valence-corrected chi connectivity index (χ4v) is 3.42. The number of aromatic amines is 1. The van der Waals surface area contributed by atoms with Crippen molar-refractivity contribution in [3.63, 3.8) is 0 Å². The van der Waals surface area contributed by atoms with Gasteiger partial charge in [0.15, 0.2) is 5.54 Å². The average molecular weight is 320 g/mol. The van der Waals surface area contributed by atoms with E-state index in [4.69, 9.17) is 4.74 Å². The molecule has 0 aliphatic carbocycles. The van der Waals surface area contributed by atoms with E-state index in [1.165, 1.54) is 0 Å². The number of fused-ring (bicyclic) bond motifs is 2. The molecule has 4 rings (SSSR count). The molecule has 24 heavy (non-hydrogen) atoms. The maximum Gasteiger partial charge on any atom is 0.341 e. The number of rotatable bonds is 3. The van der Waals surface area contributed by atoms with Crippen molar-refractivity contribution in [3.05, 3.63) is 71.4 Å². The third-order valence-electron chi connectivity index (χ3n) is 4.45. The van der Waals surface area contributed by atoms with Crippen LogP contribution in [0.25, 0.3) is 10.9 Å². The number of hydrogen-bond donors (Lipinski definition) is 2.